The summed E-state index contributed by atoms with van der Waals surface area (Å²) in [5, 5.41) is 2.75. The van der Waals surface area contributed by atoms with Gasteiger partial charge in [-0.2, -0.15) is 0 Å². The molecular weight excluding hydrogens is 296 g/mol. The molecule has 0 spiro atoms. The molecule has 2 amide bonds. The van der Waals surface area contributed by atoms with Crippen molar-refractivity contribution in [2.75, 3.05) is 20.6 Å². The van der Waals surface area contributed by atoms with Crippen LogP contribution in [0.2, 0.25) is 4.34 Å². The van der Waals surface area contributed by atoms with Crippen molar-refractivity contribution in [1.82, 2.24) is 10.2 Å². The van der Waals surface area contributed by atoms with Crippen LogP contribution >= 0.6 is 22.9 Å². The summed E-state index contributed by atoms with van der Waals surface area (Å²) in [5.41, 5.74) is 0. The van der Waals surface area contributed by atoms with Crippen molar-refractivity contribution in [2.24, 2.45) is 0 Å². The van der Waals surface area contributed by atoms with Gasteiger partial charge in [-0.15, -0.1) is 11.3 Å². The molecule has 0 unspecified atom stereocenters. The zero-order valence-electron chi connectivity index (χ0n) is 11.7. The average Bonchev–Trinajstić information content (AvgIpc) is 2.81. The Labute approximate surface area is 128 Å². The maximum absolute atomic E-state index is 11.4. The Morgan fingerprint density at radius 1 is 1.30 bits per heavy atom. The van der Waals surface area contributed by atoms with E-state index in [1.807, 2.05) is 12.1 Å². The lowest BCUT2D eigenvalue weighted by Gasteiger charge is -2.05. The number of likely N-dealkylation sites (N-methyl/N-ethyl adjacent to an activating group) is 1. The second-order valence-electron chi connectivity index (χ2n) is 4.52. The number of thiophene rings is 1. The number of aryl methyl sites for hydroxylation is 1. The zero-order valence-corrected chi connectivity index (χ0v) is 13.3. The Morgan fingerprint density at radius 3 is 2.65 bits per heavy atom. The number of halogens is 1. The highest BCUT2D eigenvalue weighted by Crippen LogP contribution is 2.22. The highest BCUT2D eigenvalue weighted by Gasteiger charge is 2.01. The summed E-state index contributed by atoms with van der Waals surface area (Å²) in [7, 11) is 3.28. The molecule has 6 heteroatoms. The predicted molar refractivity (Wildman–Crippen MR) is 83.1 cm³/mol. The molecule has 20 heavy (non-hydrogen) atoms. The third-order valence-electron chi connectivity index (χ3n) is 2.60. The van der Waals surface area contributed by atoms with Gasteiger partial charge in [-0.25, -0.2) is 0 Å². The van der Waals surface area contributed by atoms with Crippen LogP contribution in [-0.2, 0) is 16.0 Å². The first-order valence-electron chi connectivity index (χ1n) is 6.40. The summed E-state index contributed by atoms with van der Waals surface area (Å²) >= 11 is 7.44. The maximum Gasteiger partial charge on any atom is 0.246 e. The van der Waals surface area contributed by atoms with E-state index in [1.54, 1.807) is 25.4 Å². The number of amides is 2. The number of hydrogen-bond donors (Lipinski definition) is 1. The summed E-state index contributed by atoms with van der Waals surface area (Å²) in [5.74, 6) is -0.436. The van der Waals surface area contributed by atoms with E-state index >= 15 is 0 Å². The summed E-state index contributed by atoms with van der Waals surface area (Å²) in [4.78, 5) is 25.3. The molecule has 4 nitrogen and oxygen atoms in total. The fourth-order valence-electron chi connectivity index (χ4n) is 1.48. The molecule has 1 rings (SSSR count). The zero-order chi connectivity index (χ0) is 15.0. The minimum Gasteiger partial charge on any atom is -0.353 e. The lowest BCUT2D eigenvalue weighted by atomic mass is 10.2. The number of nitrogens with zero attached hydrogens (tertiary/aromatic N) is 1. The van der Waals surface area contributed by atoms with Gasteiger partial charge in [0.2, 0.25) is 11.8 Å². The minimum atomic E-state index is -0.237. The van der Waals surface area contributed by atoms with Crippen LogP contribution in [0.15, 0.2) is 24.3 Å². The fraction of sp³-hybridized carbons (Fsp3) is 0.429. The average molecular weight is 315 g/mol. The van der Waals surface area contributed by atoms with Gasteiger partial charge in [0.25, 0.3) is 0 Å². The number of unbranched alkanes of at least 4 members (excludes halogenated alkanes) is 1. The van der Waals surface area contributed by atoms with Gasteiger partial charge in [0.05, 0.1) is 4.34 Å². The van der Waals surface area contributed by atoms with E-state index in [0.717, 1.165) is 23.6 Å². The second-order valence-corrected chi connectivity index (χ2v) is 6.32. The normalized spacial score (nSPS) is 10.8. The van der Waals surface area contributed by atoms with Crippen molar-refractivity contribution in [1.29, 1.82) is 0 Å². The molecule has 0 aromatic carbocycles. The largest absolute Gasteiger partial charge is 0.353 e. The van der Waals surface area contributed by atoms with Crippen molar-refractivity contribution < 1.29 is 9.59 Å². The second kappa shape index (κ2) is 8.76. The molecule has 0 saturated heterocycles. The van der Waals surface area contributed by atoms with E-state index in [-0.39, 0.29) is 11.8 Å². The molecule has 0 fully saturated rings. The Balaban J connectivity index is 2.12. The number of hydrogen-bond acceptors (Lipinski definition) is 3. The predicted octanol–water partition coefficient (Wildman–Crippen LogP) is 2.48. The van der Waals surface area contributed by atoms with Gasteiger partial charge in [-0.3, -0.25) is 9.59 Å². The van der Waals surface area contributed by atoms with E-state index in [2.05, 4.69) is 5.32 Å². The standard InChI is InChI=1S/C14H19ClN2O2S/c1-17(2)14(19)9-8-13(18)16-10-4-3-5-11-6-7-12(15)20-11/h6-9H,3-5,10H2,1-2H3,(H,16,18)/b9-8+. The Morgan fingerprint density at radius 2 is 2.05 bits per heavy atom. The molecule has 1 N–H and O–H groups in total. The number of carbonyl (C=O) groups excluding carboxylic acids is 2. The summed E-state index contributed by atoms with van der Waals surface area (Å²) in [6.07, 6.45) is 5.40. The Kier molecular flexibility index (Phi) is 7.33. The molecule has 1 aromatic rings. The smallest absolute Gasteiger partial charge is 0.246 e. The van der Waals surface area contributed by atoms with Crippen LogP contribution in [0, 0.1) is 0 Å². The SMILES string of the molecule is CN(C)C(=O)/C=C/C(=O)NCCCCc1ccc(Cl)s1. The lowest BCUT2D eigenvalue weighted by molar-refractivity contribution is -0.124. The third kappa shape index (κ3) is 6.73. The van der Waals surface area contributed by atoms with Crippen molar-refractivity contribution >= 4 is 34.8 Å². The molecule has 0 saturated carbocycles. The van der Waals surface area contributed by atoms with Gasteiger partial charge in [0.15, 0.2) is 0 Å². The monoisotopic (exact) mass is 314 g/mol. The molecule has 1 aromatic heterocycles. The van der Waals surface area contributed by atoms with Crippen LogP contribution in [0.3, 0.4) is 0 Å². The molecule has 0 atom stereocenters. The van der Waals surface area contributed by atoms with Gasteiger partial charge in [0, 0.05) is 37.7 Å². The lowest BCUT2D eigenvalue weighted by Crippen LogP contribution is -2.24. The number of carbonyl (C=O) groups is 2. The number of nitrogens with one attached hydrogen (secondary N) is 1. The van der Waals surface area contributed by atoms with Gasteiger partial charge in [0.1, 0.15) is 0 Å². The molecule has 0 bridgehead atoms. The van der Waals surface area contributed by atoms with Crippen LogP contribution < -0.4 is 5.32 Å². The van der Waals surface area contributed by atoms with Crippen LogP contribution in [0.1, 0.15) is 17.7 Å². The molecule has 0 aliphatic rings. The highest BCUT2D eigenvalue weighted by atomic mass is 35.5. The maximum atomic E-state index is 11.4. The summed E-state index contributed by atoms with van der Waals surface area (Å²) in [6, 6.07) is 3.93. The summed E-state index contributed by atoms with van der Waals surface area (Å²) < 4.78 is 0.809. The Hall–Kier alpha value is -1.33. The van der Waals surface area contributed by atoms with Gasteiger partial charge in [-0.05, 0) is 31.4 Å². The van der Waals surface area contributed by atoms with Crippen molar-refractivity contribution in [2.45, 2.75) is 19.3 Å². The van der Waals surface area contributed by atoms with E-state index in [1.165, 1.54) is 21.9 Å². The third-order valence-corrected chi connectivity index (χ3v) is 3.89. The molecule has 0 radical (unpaired) electrons. The van der Waals surface area contributed by atoms with E-state index in [0.29, 0.717) is 6.54 Å². The van der Waals surface area contributed by atoms with Gasteiger partial charge < -0.3 is 10.2 Å². The fourth-order valence-corrected chi connectivity index (χ4v) is 2.61. The molecule has 110 valence electrons. The first kappa shape index (κ1) is 16.7. The van der Waals surface area contributed by atoms with Crippen LogP contribution in [-0.4, -0.2) is 37.4 Å². The number of rotatable bonds is 7. The Bertz CT molecular complexity index is 483. The molecular formula is C14H19ClN2O2S. The molecule has 0 aliphatic heterocycles. The molecule has 0 aliphatic carbocycles. The van der Waals surface area contributed by atoms with Crippen LogP contribution in [0.25, 0.3) is 0 Å². The van der Waals surface area contributed by atoms with Crippen molar-refractivity contribution in [3.63, 3.8) is 0 Å². The van der Waals surface area contributed by atoms with Gasteiger partial charge >= 0.3 is 0 Å². The first-order chi connectivity index (χ1) is 9.49. The van der Waals surface area contributed by atoms with Crippen molar-refractivity contribution in [3.05, 3.63) is 33.5 Å². The van der Waals surface area contributed by atoms with Crippen molar-refractivity contribution in [3.8, 4) is 0 Å². The van der Waals surface area contributed by atoms with Crippen LogP contribution in [0.4, 0.5) is 0 Å². The molecule has 1 heterocycles. The quantitative estimate of drug-likeness (QED) is 0.621. The van der Waals surface area contributed by atoms with Crippen LogP contribution in [0.5, 0.6) is 0 Å². The van der Waals surface area contributed by atoms with E-state index in [9.17, 15) is 9.59 Å². The topological polar surface area (TPSA) is 49.4 Å². The minimum absolute atomic E-state index is 0.199. The van der Waals surface area contributed by atoms with E-state index < -0.39 is 0 Å². The van der Waals surface area contributed by atoms with E-state index in [4.69, 9.17) is 11.6 Å². The highest BCUT2D eigenvalue weighted by molar-refractivity contribution is 7.16. The van der Waals surface area contributed by atoms with Gasteiger partial charge in [-0.1, -0.05) is 11.6 Å². The first-order valence-corrected chi connectivity index (χ1v) is 7.60. The summed E-state index contributed by atoms with van der Waals surface area (Å²) in [6.45, 7) is 0.610.